The van der Waals surface area contributed by atoms with Gasteiger partial charge >= 0.3 is 17.8 Å². The minimum atomic E-state index is -1.03. The Morgan fingerprint density at radius 2 is 1.76 bits per heavy atom. The molecule has 21 heavy (non-hydrogen) atoms. The van der Waals surface area contributed by atoms with Gasteiger partial charge in [0, 0.05) is 12.1 Å². The van der Waals surface area contributed by atoms with Crippen molar-refractivity contribution in [2.45, 2.75) is 0 Å². The second-order valence-electron chi connectivity index (χ2n) is 4.28. The molecule has 0 N–H and O–H groups in total. The van der Waals surface area contributed by atoms with Crippen molar-refractivity contribution in [2.24, 2.45) is 0 Å². The van der Waals surface area contributed by atoms with Crippen LogP contribution >= 0.6 is 11.6 Å². The molecule has 108 valence electrons. The highest BCUT2D eigenvalue weighted by Crippen LogP contribution is 2.18. The van der Waals surface area contributed by atoms with Crippen molar-refractivity contribution in [2.75, 3.05) is 13.1 Å². The first-order valence-electron chi connectivity index (χ1n) is 6.03. The van der Waals surface area contributed by atoms with Crippen molar-refractivity contribution in [3.8, 4) is 0 Å². The normalized spacial score (nSPS) is 14.8. The molecule has 1 aliphatic rings. The molecule has 1 fully saturated rings. The molecule has 2 rings (SSSR count). The van der Waals surface area contributed by atoms with E-state index in [1.54, 1.807) is 12.1 Å². The van der Waals surface area contributed by atoms with Gasteiger partial charge in [0.05, 0.1) is 11.6 Å². The highest BCUT2D eigenvalue weighted by atomic mass is 35.5. The van der Waals surface area contributed by atoms with Gasteiger partial charge in [-0.25, -0.2) is 9.69 Å². The molecule has 1 aliphatic heterocycles. The van der Waals surface area contributed by atoms with Crippen LogP contribution < -0.4 is 0 Å². The van der Waals surface area contributed by atoms with E-state index < -0.39 is 30.2 Å². The number of ketones is 1. The van der Waals surface area contributed by atoms with Gasteiger partial charge in [-0.3, -0.25) is 19.3 Å². The van der Waals surface area contributed by atoms with E-state index in [1.807, 2.05) is 0 Å². The maximum absolute atomic E-state index is 12.1. The fourth-order valence-electron chi connectivity index (χ4n) is 1.90. The first-order chi connectivity index (χ1) is 9.97. The zero-order valence-electron chi connectivity index (χ0n) is 10.9. The Labute approximate surface area is 125 Å². The number of carbonyl (C=O) groups excluding carboxylic acids is 4. The third-order valence-corrected chi connectivity index (χ3v) is 3.25. The van der Waals surface area contributed by atoms with Crippen LogP contribution in [-0.2, 0) is 9.59 Å². The van der Waals surface area contributed by atoms with Crippen molar-refractivity contribution in [1.82, 2.24) is 9.80 Å². The Kier molecular flexibility index (Phi) is 4.18. The molecule has 1 heterocycles. The number of carbonyl (C=O) groups is 4. The molecule has 1 aromatic rings. The van der Waals surface area contributed by atoms with Gasteiger partial charge in [0.15, 0.2) is 5.78 Å². The standard InChI is InChI=1S/C14H11ClN2O4/c1-2-7-16-12(19)13(20)17(14(16)21)8-11(18)9-5-3-4-6-10(9)15/h2-6H,1,7-8H2. The van der Waals surface area contributed by atoms with Gasteiger partial charge in [-0.2, -0.15) is 0 Å². The predicted molar refractivity (Wildman–Crippen MR) is 74.8 cm³/mol. The van der Waals surface area contributed by atoms with E-state index >= 15 is 0 Å². The zero-order chi connectivity index (χ0) is 15.6. The molecular weight excluding hydrogens is 296 g/mol. The van der Waals surface area contributed by atoms with Crippen LogP contribution in [0.3, 0.4) is 0 Å². The van der Waals surface area contributed by atoms with Crippen LogP contribution in [0.25, 0.3) is 0 Å². The number of rotatable bonds is 5. The highest BCUT2D eigenvalue weighted by Gasteiger charge is 2.44. The van der Waals surface area contributed by atoms with Crippen molar-refractivity contribution < 1.29 is 19.2 Å². The summed E-state index contributed by atoms with van der Waals surface area (Å²) in [5.74, 6) is -2.51. The minimum Gasteiger partial charge on any atom is -0.292 e. The van der Waals surface area contributed by atoms with Crippen LogP contribution in [0.5, 0.6) is 0 Å². The molecule has 0 atom stereocenters. The average molecular weight is 307 g/mol. The Morgan fingerprint density at radius 3 is 2.38 bits per heavy atom. The summed E-state index contributed by atoms with van der Waals surface area (Å²) < 4.78 is 0. The lowest BCUT2D eigenvalue weighted by atomic mass is 10.1. The lowest BCUT2D eigenvalue weighted by molar-refractivity contribution is -0.142. The second kappa shape index (κ2) is 5.88. The summed E-state index contributed by atoms with van der Waals surface area (Å²) in [4.78, 5) is 48.8. The second-order valence-corrected chi connectivity index (χ2v) is 4.69. The summed E-state index contributed by atoms with van der Waals surface area (Å²) in [5.41, 5.74) is 0.189. The van der Waals surface area contributed by atoms with Gasteiger partial charge in [-0.05, 0) is 12.1 Å². The number of amides is 4. The SMILES string of the molecule is C=CCN1C(=O)C(=O)N(CC(=O)c2ccccc2Cl)C1=O. The third-order valence-electron chi connectivity index (χ3n) is 2.92. The molecular formula is C14H11ClN2O4. The molecule has 0 spiro atoms. The summed E-state index contributed by atoms with van der Waals surface area (Å²) >= 11 is 5.88. The smallest absolute Gasteiger partial charge is 0.292 e. The van der Waals surface area contributed by atoms with Crippen molar-refractivity contribution in [1.29, 1.82) is 0 Å². The van der Waals surface area contributed by atoms with E-state index in [0.29, 0.717) is 4.90 Å². The van der Waals surface area contributed by atoms with E-state index in [2.05, 4.69) is 6.58 Å². The van der Waals surface area contributed by atoms with Gasteiger partial charge in [0.1, 0.15) is 0 Å². The fourth-order valence-corrected chi connectivity index (χ4v) is 2.14. The number of Topliss-reactive ketones (excluding diaryl/α,β-unsaturated/α-hetero) is 1. The Balaban J connectivity index is 2.20. The van der Waals surface area contributed by atoms with Gasteiger partial charge in [-0.15, -0.1) is 6.58 Å². The topological polar surface area (TPSA) is 74.8 Å². The molecule has 0 radical (unpaired) electrons. The summed E-state index contributed by atoms with van der Waals surface area (Å²) in [6, 6.07) is 5.45. The number of nitrogens with zero attached hydrogens (tertiary/aromatic N) is 2. The first kappa shape index (κ1) is 14.9. The molecule has 4 amide bonds. The number of hydrogen-bond acceptors (Lipinski definition) is 4. The van der Waals surface area contributed by atoms with Crippen LogP contribution in [0.2, 0.25) is 5.02 Å². The van der Waals surface area contributed by atoms with Crippen molar-refractivity contribution in [3.63, 3.8) is 0 Å². The lowest BCUT2D eigenvalue weighted by Crippen LogP contribution is -2.37. The monoisotopic (exact) mass is 306 g/mol. The molecule has 0 saturated carbocycles. The number of halogens is 1. The van der Waals surface area contributed by atoms with Crippen LogP contribution in [-0.4, -0.2) is 46.5 Å². The van der Waals surface area contributed by atoms with Gasteiger partial charge in [0.2, 0.25) is 0 Å². The minimum absolute atomic E-state index is 0.0831. The van der Waals surface area contributed by atoms with Gasteiger partial charge in [0.25, 0.3) is 0 Å². The quantitative estimate of drug-likeness (QED) is 0.357. The number of benzene rings is 1. The molecule has 1 aromatic carbocycles. The van der Waals surface area contributed by atoms with Crippen molar-refractivity contribution in [3.05, 3.63) is 47.5 Å². The zero-order valence-corrected chi connectivity index (χ0v) is 11.7. The van der Waals surface area contributed by atoms with Crippen LogP contribution in [0, 0.1) is 0 Å². The van der Waals surface area contributed by atoms with Crippen LogP contribution in [0.15, 0.2) is 36.9 Å². The molecule has 0 aromatic heterocycles. The Morgan fingerprint density at radius 1 is 1.14 bits per heavy atom. The molecule has 0 bridgehead atoms. The Bertz CT molecular complexity index is 656. The Hall–Kier alpha value is -2.47. The number of hydrogen-bond donors (Lipinski definition) is 0. The molecule has 1 saturated heterocycles. The largest absolute Gasteiger partial charge is 0.334 e. The molecule has 0 aliphatic carbocycles. The summed E-state index contributed by atoms with van der Waals surface area (Å²) in [6.45, 7) is 2.79. The lowest BCUT2D eigenvalue weighted by Gasteiger charge is -2.13. The molecule has 7 heteroatoms. The summed E-state index contributed by atoms with van der Waals surface area (Å²) in [5, 5.41) is 0.218. The first-order valence-corrected chi connectivity index (χ1v) is 6.41. The van der Waals surface area contributed by atoms with Crippen molar-refractivity contribution >= 4 is 35.2 Å². The molecule has 0 unspecified atom stereocenters. The van der Waals surface area contributed by atoms with Gasteiger partial charge in [-0.1, -0.05) is 29.8 Å². The average Bonchev–Trinajstić information content (AvgIpc) is 2.66. The fraction of sp³-hybridized carbons (Fsp3) is 0.143. The van der Waals surface area contributed by atoms with E-state index in [-0.39, 0.29) is 17.1 Å². The van der Waals surface area contributed by atoms with E-state index in [0.717, 1.165) is 4.90 Å². The third kappa shape index (κ3) is 2.71. The van der Waals surface area contributed by atoms with E-state index in [4.69, 9.17) is 11.6 Å². The van der Waals surface area contributed by atoms with Crippen LogP contribution in [0.4, 0.5) is 4.79 Å². The maximum atomic E-state index is 12.1. The summed E-state index contributed by atoms with van der Waals surface area (Å²) in [7, 11) is 0. The molecule has 6 nitrogen and oxygen atoms in total. The van der Waals surface area contributed by atoms with E-state index in [1.165, 1.54) is 18.2 Å². The summed E-state index contributed by atoms with van der Waals surface area (Å²) in [6.07, 6.45) is 1.32. The maximum Gasteiger partial charge on any atom is 0.334 e. The highest BCUT2D eigenvalue weighted by molar-refractivity contribution is 6.45. The van der Waals surface area contributed by atoms with Crippen LogP contribution in [0.1, 0.15) is 10.4 Å². The predicted octanol–water partition coefficient (Wildman–Crippen LogP) is 1.50. The van der Waals surface area contributed by atoms with Gasteiger partial charge < -0.3 is 0 Å². The van der Waals surface area contributed by atoms with E-state index in [9.17, 15) is 19.2 Å². The number of urea groups is 1. The number of imide groups is 2.